The van der Waals surface area contributed by atoms with E-state index in [0.29, 0.717) is 18.1 Å². The Labute approximate surface area is 127 Å². The molecule has 6 heteroatoms. The lowest BCUT2D eigenvalue weighted by molar-refractivity contribution is 0.229. The minimum Gasteiger partial charge on any atom is -0.339 e. The fourth-order valence-corrected chi connectivity index (χ4v) is 2.66. The molecule has 2 aromatic heterocycles. The summed E-state index contributed by atoms with van der Waals surface area (Å²) in [6.07, 6.45) is 7.34. The summed E-state index contributed by atoms with van der Waals surface area (Å²) in [5.74, 6) is 1.21. The molecule has 1 fully saturated rings. The monoisotopic (exact) mass is 295 g/mol. The molecule has 0 atom stereocenters. The molecule has 0 bridgehead atoms. The van der Waals surface area contributed by atoms with Gasteiger partial charge >= 0.3 is 0 Å². The van der Waals surface area contributed by atoms with E-state index in [9.17, 15) is 0 Å². The number of hydrogen-bond acceptors (Lipinski definition) is 5. The lowest BCUT2D eigenvalue weighted by atomic mass is 9.77. The highest BCUT2D eigenvalue weighted by atomic mass is 16.5. The van der Waals surface area contributed by atoms with Gasteiger partial charge in [-0.3, -0.25) is 0 Å². The Bertz CT molecular complexity index is 773. The Kier molecular flexibility index (Phi) is 3.04. The van der Waals surface area contributed by atoms with E-state index in [-0.39, 0.29) is 5.54 Å². The van der Waals surface area contributed by atoms with Crippen LogP contribution in [0.15, 0.2) is 47.2 Å². The normalized spacial score (nSPS) is 16.4. The summed E-state index contributed by atoms with van der Waals surface area (Å²) in [7, 11) is 0. The molecule has 3 aromatic rings. The molecule has 0 radical (unpaired) electrons. The lowest BCUT2D eigenvalue weighted by Gasteiger charge is -2.34. The van der Waals surface area contributed by atoms with Gasteiger partial charge in [-0.1, -0.05) is 23.4 Å². The fourth-order valence-electron chi connectivity index (χ4n) is 2.66. The van der Waals surface area contributed by atoms with Crippen molar-refractivity contribution < 1.29 is 4.52 Å². The molecule has 0 spiro atoms. The summed E-state index contributed by atoms with van der Waals surface area (Å²) in [6.45, 7) is 0. The van der Waals surface area contributed by atoms with E-state index in [1.807, 2.05) is 47.4 Å². The van der Waals surface area contributed by atoms with Crippen molar-refractivity contribution >= 4 is 0 Å². The van der Waals surface area contributed by atoms with Crippen LogP contribution in [0.2, 0.25) is 0 Å². The SMILES string of the molecule is NC1(c2noc(Cc3cnn(-c4ccccc4)c3)n2)CCC1. The van der Waals surface area contributed by atoms with Gasteiger partial charge in [0.05, 0.1) is 23.8 Å². The molecule has 1 aromatic carbocycles. The summed E-state index contributed by atoms with van der Waals surface area (Å²) in [6, 6.07) is 9.98. The topological polar surface area (TPSA) is 82.8 Å². The van der Waals surface area contributed by atoms with Crippen LogP contribution in [0.1, 0.15) is 36.5 Å². The van der Waals surface area contributed by atoms with E-state index in [1.165, 1.54) is 0 Å². The van der Waals surface area contributed by atoms with Gasteiger partial charge in [-0.2, -0.15) is 10.1 Å². The minimum atomic E-state index is -0.379. The van der Waals surface area contributed by atoms with Crippen LogP contribution in [0, 0.1) is 0 Å². The minimum absolute atomic E-state index is 0.379. The molecule has 1 aliphatic carbocycles. The second-order valence-corrected chi connectivity index (χ2v) is 5.83. The third-order valence-corrected chi connectivity index (χ3v) is 4.17. The number of para-hydroxylation sites is 1. The summed E-state index contributed by atoms with van der Waals surface area (Å²) < 4.78 is 7.16. The van der Waals surface area contributed by atoms with Gasteiger partial charge in [0.1, 0.15) is 0 Å². The standard InChI is InChI=1S/C16H17N5O/c17-16(7-4-8-16)15-19-14(22-20-15)9-12-10-18-21(11-12)13-5-2-1-3-6-13/h1-3,5-6,10-11H,4,7-9,17H2. The predicted molar refractivity (Wildman–Crippen MR) is 80.4 cm³/mol. The van der Waals surface area contributed by atoms with E-state index < -0.39 is 0 Å². The van der Waals surface area contributed by atoms with Gasteiger partial charge in [-0.25, -0.2) is 4.68 Å². The van der Waals surface area contributed by atoms with Crippen LogP contribution in [0.25, 0.3) is 5.69 Å². The Morgan fingerprint density at radius 2 is 2.05 bits per heavy atom. The summed E-state index contributed by atoms with van der Waals surface area (Å²) in [4.78, 5) is 4.44. The van der Waals surface area contributed by atoms with Gasteiger partial charge in [-0.15, -0.1) is 0 Å². The highest BCUT2D eigenvalue weighted by Crippen LogP contribution is 2.36. The second kappa shape index (κ2) is 5.06. The Morgan fingerprint density at radius 3 is 2.77 bits per heavy atom. The van der Waals surface area contributed by atoms with E-state index in [1.54, 1.807) is 0 Å². The molecule has 2 N–H and O–H groups in total. The molecule has 0 unspecified atom stereocenters. The van der Waals surface area contributed by atoms with Gasteiger partial charge in [0, 0.05) is 6.20 Å². The average Bonchev–Trinajstić information content (AvgIpc) is 3.16. The first-order valence-corrected chi connectivity index (χ1v) is 7.44. The quantitative estimate of drug-likeness (QED) is 0.797. The zero-order chi connectivity index (χ0) is 15.0. The van der Waals surface area contributed by atoms with E-state index in [0.717, 1.165) is 30.5 Å². The van der Waals surface area contributed by atoms with Crippen LogP contribution in [0.5, 0.6) is 0 Å². The first kappa shape index (κ1) is 13.2. The molecular formula is C16H17N5O. The van der Waals surface area contributed by atoms with Gasteiger partial charge in [-0.05, 0) is 37.0 Å². The van der Waals surface area contributed by atoms with Crippen LogP contribution < -0.4 is 5.73 Å². The number of nitrogens with two attached hydrogens (primary N) is 1. The van der Waals surface area contributed by atoms with Crippen LogP contribution in [-0.2, 0) is 12.0 Å². The lowest BCUT2D eigenvalue weighted by Crippen LogP contribution is -2.44. The number of rotatable bonds is 4. The van der Waals surface area contributed by atoms with Crippen LogP contribution in [-0.4, -0.2) is 19.9 Å². The number of hydrogen-bond donors (Lipinski definition) is 1. The van der Waals surface area contributed by atoms with Crippen molar-refractivity contribution in [3.63, 3.8) is 0 Å². The largest absolute Gasteiger partial charge is 0.339 e. The number of aromatic nitrogens is 4. The maximum absolute atomic E-state index is 6.21. The summed E-state index contributed by atoms with van der Waals surface area (Å²) in [5, 5.41) is 8.40. The molecule has 6 nitrogen and oxygen atoms in total. The molecule has 1 saturated carbocycles. The molecule has 0 aliphatic heterocycles. The van der Waals surface area contributed by atoms with E-state index >= 15 is 0 Å². The maximum atomic E-state index is 6.21. The number of benzene rings is 1. The van der Waals surface area contributed by atoms with Gasteiger partial charge < -0.3 is 10.3 Å². The van der Waals surface area contributed by atoms with Crippen molar-refractivity contribution in [2.45, 2.75) is 31.2 Å². The van der Waals surface area contributed by atoms with Gasteiger partial charge in [0.25, 0.3) is 0 Å². The average molecular weight is 295 g/mol. The Balaban J connectivity index is 1.51. The third kappa shape index (κ3) is 2.31. The zero-order valence-electron chi connectivity index (χ0n) is 12.1. The zero-order valence-corrected chi connectivity index (χ0v) is 12.1. The van der Waals surface area contributed by atoms with Crippen molar-refractivity contribution in [1.29, 1.82) is 0 Å². The van der Waals surface area contributed by atoms with E-state index in [4.69, 9.17) is 10.3 Å². The molecule has 4 rings (SSSR count). The molecular weight excluding hydrogens is 278 g/mol. The molecule has 0 saturated heterocycles. The van der Waals surface area contributed by atoms with Crippen molar-refractivity contribution in [1.82, 2.24) is 19.9 Å². The molecule has 2 heterocycles. The smallest absolute Gasteiger partial charge is 0.231 e. The first-order chi connectivity index (χ1) is 10.7. The Morgan fingerprint density at radius 1 is 1.23 bits per heavy atom. The van der Waals surface area contributed by atoms with Crippen LogP contribution >= 0.6 is 0 Å². The first-order valence-electron chi connectivity index (χ1n) is 7.44. The summed E-state index contributed by atoms with van der Waals surface area (Å²) >= 11 is 0. The third-order valence-electron chi connectivity index (χ3n) is 4.17. The highest BCUT2D eigenvalue weighted by Gasteiger charge is 2.38. The Hall–Kier alpha value is -2.47. The van der Waals surface area contributed by atoms with Crippen LogP contribution in [0.3, 0.4) is 0 Å². The fraction of sp³-hybridized carbons (Fsp3) is 0.312. The van der Waals surface area contributed by atoms with Gasteiger partial charge in [0.15, 0.2) is 5.82 Å². The predicted octanol–water partition coefficient (Wildman–Crippen LogP) is 2.18. The number of nitrogens with zero attached hydrogens (tertiary/aromatic N) is 4. The second-order valence-electron chi connectivity index (χ2n) is 5.83. The van der Waals surface area contributed by atoms with Crippen molar-refractivity contribution in [2.75, 3.05) is 0 Å². The van der Waals surface area contributed by atoms with E-state index in [2.05, 4.69) is 15.2 Å². The van der Waals surface area contributed by atoms with Crippen molar-refractivity contribution in [2.24, 2.45) is 5.73 Å². The highest BCUT2D eigenvalue weighted by molar-refractivity contribution is 5.31. The van der Waals surface area contributed by atoms with Crippen molar-refractivity contribution in [3.05, 3.63) is 60.0 Å². The molecule has 112 valence electrons. The maximum Gasteiger partial charge on any atom is 0.231 e. The van der Waals surface area contributed by atoms with Gasteiger partial charge in [0.2, 0.25) is 5.89 Å². The van der Waals surface area contributed by atoms with Crippen LogP contribution in [0.4, 0.5) is 0 Å². The molecule has 1 aliphatic rings. The van der Waals surface area contributed by atoms with Crippen molar-refractivity contribution in [3.8, 4) is 5.69 Å². The molecule has 22 heavy (non-hydrogen) atoms. The molecule has 0 amide bonds. The summed E-state index contributed by atoms with van der Waals surface area (Å²) in [5.41, 5.74) is 7.88.